The Kier molecular flexibility index (Phi) is 6.54. The van der Waals surface area contributed by atoms with Crippen LogP contribution < -0.4 is 10.6 Å². The summed E-state index contributed by atoms with van der Waals surface area (Å²) in [5.41, 5.74) is 0. The van der Waals surface area contributed by atoms with Crippen molar-refractivity contribution in [1.29, 1.82) is 0 Å². The van der Waals surface area contributed by atoms with Gasteiger partial charge in [-0.15, -0.1) is 0 Å². The van der Waals surface area contributed by atoms with Crippen molar-refractivity contribution in [2.75, 3.05) is 20.2 Å². The smallest absolute Gasteiger partial charge is 0.221 e. The highest BCUT2D eigenvalue weighted by atomic mass is 16.3. The van der Waals surface area contributed by atoms with Crippen LogP contribution in [0.2, 0.25) is 0 Å². The van der Waals surface area contributed by atoms with Gasteiger partial charge in [0.1, 0.15) is 0 Å². The molecule has 0 aromatic heterocycles. The van der Waals surface area contributed by atoms with E-state index in [0.717, 1.165) is 0 Å². The zero-order valence-corrected chi connectivity index (χ0v) is 8.63. The van der Waals surface area contributed by atoms with Crippen LogP contribution in [-0.2, 0) is 4.79 Å². The highest BCUT2D eigenvalue weighted by molar-refractivity contribution is 5.75. The van der Waals surface area contributed by atoms with Gasteiger partial charge in [0.15, 0.2) is 0 Å². The fourth-order valence-corrected chi connectivity index (χ4v) is 0.898. The van der Waals surface area contributed by atoms with E-state index in [4.69, 9.17) is 5.11 Å². The fourth-order valence-electron chi connectivity index (χ4n) is 0.898. The van der Waals surface area contributed by atoms with E-state index in [1.54, 1.807) is 7.05 Å². The Bertz CT molecular complexity index is 151. The molecule has 4 heteroatoms. The molecule has 0 radical (unpaired) electrons. The Hall–Kier alpha value is -0.610. The predicted molar refractivity (Wildman–Crippen MR) is 52.4 cm³/mol. The predicted octanol–water partition coefficient (Wildman–Crippen LogP) is -0.271. The molecule has 0 aromatic carbocycles. The van der Waals surface area contributed by atoms with E-state index in [-0.39, 0.29) is 24.5 Å². The molecule has 0 aliphatic rings. The molecule has 0 saturated heterocycles. The van der Waals surface area contributed by atoms with Crippen LogP contribution in [0.3, 0.4) is 0 Å². The topological polar surface area (TPSA) is 61.4 Å². The highest BCUT2D eigenvalue weighted by Crippen LogP contribution is 1.99. The first-order valence-electron chi connectivity index (χ1n) is 4.66. The Balaban J connectivity index is 3.47. The number of hydrogen-bond acceptors (Lipinski definition) is 3. The Labute approximate surface area is 79.7 Å². The minimum atomic E-state index is 0.0383. The Morgan fingerprint density at radius 3 is 2.54 bits per heavy atom. The normalized spacial score (nSPS) is 15.1. The van der Waals surface area contributed by atoms with E-state index >= 15 is 0 Å². The number of hydrogen-bond donors (Lipinski definition) is 3. The summed E-state index contributed by atoms with van der Waals surface area (Å²) in [7, 11) is 1.63. The van der Waals surface area contributed by atoms with Gasteiger partial charge in [-0.05, 0) is 12.8 Å². The van der Waals surface area contributed by atoms with Gasteiger partial charge in [-0.1, -0.05) is 6.92 Å². The summed E-state index contributed by atoms with van der Waals surface area (Å²) < 4.78 is 0. The lowest BCUT2D eigenvalue weighted by molar-refractivity contribution is -0.120. The first kappa shape index (κ1) is 12.4. The van der Waals surface area contributed by atoms with Crippen molar-refractivity contribution in [3.05, 3.63) is 0 Å². The second kappa shape index (κ2) is 6.86. The molecular formula is C9H20N2O2. The molecule has 0 heterocycles. The lowest BCUT2D eigenvalue weighted by Crippen LogP contribution is -2.36. The number of aliphatic hydroxyl groups excluding tert-OH is 1. The third-order valence-corrected chi connectivity index (χ3v) is 2.24. The van der Waals surface area contributed by atoms with Crippen LogP contribution in [0, 0.1) is 5.92 Å². The number of carbonyl (C=O) groups is 1. The van der Waals surface area contributed by atoms with Crippen molar-refractivity contribution in [2.24, 2.45) is 5.92 Å². The maximum Gasteiger partial charge on any atom is 0.221 e. The standard InChI is InChI=1S/C9H20N2O2/c1-7(6-12)8(2)11-5-4-9(13)10-3/h7-8,11-12H,4-6H2,1-3H3,(H,10,13). The number of aliphatic hydroxyl groups is 1. The molecule has 2 unspecified atom stereocenters. The largest absolute Gasteiger partial charge is 0.396 e. The fraction of sp³-hybridized carbons (Fsp3) is 0.889. The van der Waals surface area contributed by atoms with Crippen LogP contribution in [-0.4, -0.2) is 37.3 Å². The van der Waals surface area contributed by atoms with Crippen molar-refractivity contribution in [2.45, 2.75) is 26.3 Å². The average Bonchev–Trinajstić information content (AvgIpc) is 2.15. The van der Waals surface area contributed by atoms with Crippen molar-refractivity contribution >= 4 is 5.91 Å². The van der Waals surface area contributed by atoms with Gasteiger partial charge < -0.3 is 15.7 Å². The van der Waals surface area contributed by atoms with E-state index in [2.05, 4.69) is 10.6 Å². The van der Waals surface area contributed by atoms with Crippen LogP contribution >= 0.6 is 0 Å². The monoisotopic (exact) mass is 188 g/mol. The lowest BCUT2D eigenvalue weighted by atomic mass is 10.1. The van der Waals surface area contributed by atoms with Gasteiger partial charge in [-0.2, -0.15) is 0 Å². The van der Waals surface area contributed by atoms with Gasteiger partial charge in [-0.3, -0.25) is 4.79 Å². The second-order valence-corrected chi connectivity index (χ2v) is 3.33. The lowest BCUT2D eigenvalue weighted by Gasteiger charge is -2.18. The zero-order chi connectivity index (χ0) is 10.3. The maximum absolute atomic E-state index is 10.8. The van der Waals surface area contributed by atoms with Gasteiger partial charge in [0.05, 0.1) is 0 Å². The van der Waals surface area contributed by atoms with Crippen LogP contribution in [0.15, 0.2) is 0 Å². The van der Waals surface area contributed by atoms with E-state index in [0.29, 0.717) is 13.0 Å². The van der Waals surface area contributed by atoms with Crippen LogP contribution in [0.25, 0.3) is 0 Å². The van der Waals surface area contributed by atoms with E-state index in [1.165, 1.54) is 0 Å². The van der Waals surface area contributed by atoms with Crippen LogP contribution in [0.4, 0.5) is 0 Å². The first-order valence-corrected chi connectivity index (χ1v) is 4.66. The van der Waals surface area contributed by atoms with Crippen molar-refractivity contribution in [1.82, 2.24) is 10.6 Å². The van der Waals surface area contributed by atoms with Crippen molar-refractivity contribution in [3.63, 3.8) is 0 Å². The number of nitrogens with one attached hydrogen (secondary N) is 2. The molecule has 13 heavy (non-hydrogen) atoms. The molecule has 0 aliphatic carbocycles. The molecule has 1 amide bonds. The Morgan fingerprint density at radius 2 is 2.08 bits per heavy atom. The van der Waals surface area contributed by atoms with Crippen molar-refractivity contribution in [3.8, 4) is 0 Å². The third kappa shape index (κ3) is 5.60. The summed E-state index contributed by atoms with van der Waals surface area (Å²) >= 11 is 0. The minimum absolute atomic E-state index is 0.0383. The number of carbonyl (C=O) groups excluding carboxylic acids is 1. The van der Waals surface area contributed by atoms with E-state index in [9.17, 15) is 4.79 Å². The number of amides is 1. The summed E-state index contributed by atoms with van der Waals surface area (Å²) in [6.07, 6.45) is 0.485. The molecule has 0 aromatic rings. The molecule has 2 atom stereocenters. The summed E-state index contributed by atoms with van der Waals surface area (Å²) in [6.45, 7) is 4.81. The molecular weight excluding hydrogens is 168 g/mol. The molecule has 3 N–H and O–H groups in total. The van der Waals surface area contributed by atoms with Gasteiger partial charge in [0, 0.05) is 32.7 Å². The summed E-state index contributed by atoms with van der Waals surface area (Å²) in [5, 5.41) is 14.6. The summed E-state index contributed by atoms with van der Waals surface area (Å²) in [6, 6.07) is 0.245. The quantitative estimate of drug-likeness (QED) is 0.537. The molecule has 78 valence electrons. The highest BCUT2D eigenvalue weighted by Gasteiger charge is 2.09. The van der Waals surface area contributed by atoms with E-state index < -0.39 is 0 Å². The zero-order valence-electron chi connectivity index (χ0n) is 8.63. The van der Waals surface area contributed by atoms with E-state index in [1.807, 2.05) is 13.8 Å². The molecule has 0 saturated carbocycles. The Morgan fingerprint density at radius 1 is 1.46 bits per heavy atom. The van der Waals surface area contributed by atoms with Gasteiger partial charge >= 0.3 is 0 Å². The van der Waals surface area contributed by atoms with Crippen molar-refractivity contribution < 1.29 is 9.90 Å². The average molecular weight is 188 g/mol. The second-order valence-electron chi connectivity index (χ2n) is 3.33. The molecule has 0 spiro atoms. The third-order valence-electron chi connectivity index (χ3n) is 2.24. The van der Waals surface area contributed by atoms with Crippen LogP contribution in [0.1, 0.15) is 20.3 Å². The van der Waals surface area contributed by atoms with Gasteiger partial charge in [-0.25, -0.2) is 0 Å². The van der Waals surface area contributed by atoms with Gasteiger partial charge in [0.25, 0.3) is 0 Å². The van der Waals surface area contributed by atoms with Crippen LogP contribution in [0.5, 0.6) is 0 Å². The maximum atomic E-state index is 10.8. The van der Waals surface area contributed by atoms with Gasteiger partial charge in [0.2, 0.25) is 5.91 Å². The molecule has 4 nitrogen and oxygen atoms in total. The molecule has 0 aliphatic heterocycles. The minimum Gasteiger partial charge on any atom is -0.396 e. The molecule has 0 rings (SSSR count). The molecule has 0 fully saturated rings. The summed E-state index contributed by atoms with van der Waals surface area (Å²) in [5.74, 6) is 0.265. The molecule has 0 bridgehead atoms. The SMILES string of the molecule is CNC(=O)CCNC(C)C(C)CO. The summed E-state index contributed by atoms with van der Waals surface area (Å²) in [4.78, 5) is 10.8. The first-order chi connectivity index (χ1) is 6.11. The number of rotatable bonds is 6.